The van der Waals surface area contributed by atoms with E-state index in [1.165, 1.54) is 0 Å². The Bertz CT molecular complexity index is 731. The molecule has 0 saturated carbocycles. The van der Waals surface area contributed by atoms with E-state index in [0.717, 1.165) is 30.6 Å². The van der Waals surface area contributed by atoms with Gasteiger partial charge >= 0.3 is 5.97 Å². The van der Waals surface area contributed by atoms with Crippen molar-refractivity contribution in [2.24, 2.45) is 0 Å². The Balaban J connectivity index is 1.58. The maximum atomic E-state index is 12.5. The summed E-state index contributed by atoms with van der Waals surface area (Å²) in [5, 5.41) is 8.99. The van der Waals surface area contributed by atoms with Gasteiger partial charge in [0.1, 0.15) is 0 Å². The number of rotatable bonds is 5. The van der Waals surface area contributed by atoms with Crippen molar-refractivity contribution in [3.8, 4) is 0 Å². The maximum Gasteiger partial charge on any atom is 0.335 e. The highest BCUT2D eigenvalue weighted by Crippen LogP contribution is 2.27. The fraction of sp³-hybridized carbons (Fsp3) is 0.368. The number of carbonyl (C=O) groups excluding carboxylic acids is 1. The molecule has 130 valence electrons. The first-order chi connectivity index (χ1) is 12.1. The lowest BCUT2D eigenvalue weighted by Gasteiger charge is -2.33. The highest BCUT2D eigenvalue weighted by molar-refractivity contribution is 5.87. The van der Waals surface area contributed by atoms with Crippen molar-refractivity contribution >= 4 is 11.9 Å². The molecule has 1 aromatic heterocycles. The molecule has 1 atom stereocenters. The van der Waals surface area contributed by atoms with E-state index < -0.39 is 5.97 Å². The molecule has 1 amide bonds. The number of aromatic carboxylic acids is 1. The minimum absolute atomic E-state index is 0.137. The number of nitrogens with zero attached hydrogens (tertiary/aromatic N) is 3. The molecule has 0 spiro atoms. The third kappa shape index (κ3) is 4.41. The number of hydrogen-bond acceptors (Lipinski definition) is 4. The Labute approximate surface area is 146 Å². The van der Waals surface area contributed by atoms with Crippen LogP contribution in [0.2, 0.25) is 0 Å². The summed E-state index contributed by atoms with van der Waals surface area (Å²) in [6.07, 6.45) is 7.96. The minimum atomic E-state index is -0.920. The third-order valence-electron chi connectivity index (χ3n) is 4.61. The number of piperidine rings is 1. The molecule has 0 radical (unpaired) electrons. The van der Waals surface area contributed by atoms with E-state index in [4.69, 9.17) is 5.11 Å². The molecule has 1 unspecified atom stereocenters. The van der Waals surface area contributed by atoms with Gasteiger partial charge in [0, 0.05) is 44.0 Å². The van der Waals surface area contributed by atoms with Crippen LogP contribution in [0.25, 0.3) is 0 Å². The molecule has 1 N–H and O–H groups in total. The smallest absolute Gasteiger partial charge is 0.335 e. The van der Waals surface area contributed by atoms with Crippen LogP contribution in [-0.2, 0) is 11.2 Å². The third-order valence-corrected chi connectivity index (χ3v) is 4.61. The van der Waals surface area contributed by atoms with Crippen LogP contribution in [0.1, 0.15) is 46.8 Å². The lowest BCUT2D eigenvalue weighted by Crippen LogP contribution is -2.39. The number of aryl methyl sites for hydroxylation is 1. The van der Waals surface area contributed by atoms with E-state index in [1.807, 2.05) is 17.0 Å². The molecule has 1 aromatic carbocycles. The zero-order valence-electron chi connectivity index (χ0n) is 14.0. The van der Waals surface area contributed by atoms with Crippen molar-refractivity contribution in [2.45, 2.75) is 31.6 Å². The predicted molar refractivity (Wildman–Crippen MR) is 92.3 cm³/mol. The first kappa shape index (κ1) is 17.1. The Morgan fingerprint density at radius 2 is 2.00 bits per heavy atom. The van der Waals surface area contributed by atoms with Crippen LogP contribution in [0, 0.1) is 0 Å². The summed E-state index contributed by atoms with van der Waals surface area (Å²) in [6, 6.07) is 6.99. The van der Waals surface area contributed by atoms with Crippen molar-refractivity contribution in [3.63, 3.8) is 0 Å². The van der Waals surface area contributed by atoms with Gasteiger partial charge in [-0.3, -0.25) is 14.8 Å². The summed E-state index contributed by atoms with van der Waals surface area (Å²) >= 11 is 0. The predicted octanol–water partition coefficient (Wildman–Crippen LogP) is 2.51. The van der Waals surface area contributed by atoms with E-state index in [-0.39, 0.29) is 17.4 Å². The van der Waals surface area contributed by atoms with Gasteiger partial charge in [0.05, 0.1) is 11.3 Å². The topological polar surface area (TPSA) is 83.4 Å². The first-order valence-electron chi connectivity index (χ1n) is 8.49. The van der Waals surface area contributed by atoms with Gasteiger partial charge in [0.25, 0.3) is 0 Å². The average molecular weight is 339 g/mol. The maximum absolute atomic E-state index is 12.5. The highest BCUT2D eigenvalue weighted by atomic mass is 16.4. The van der Waals surface area contributed by atoms with E-state index in [2.05, 4.69) is 9.97 Å². The molecule has 0 bridgehead atoms. The van der Waals surface area contributed by atoms with Crippen molar-refractivity contribution < 1.29 is 14.7 Å². The van der Waals surface area contributed by atoms with Gasteiger partial charge in [-0.25, -0.2) is 4.79 Å². The van der Waals surface area contributed by atoms with Gasteiger partial charge < -0.3 is 10.0 Å². The van der Waals surface area contributed by atoms with Crippen LogP contribution < -0.4 is 0 Å². The number of carboxylic acids is 1. The number of likely N-dealkylation sites (tertiary alicyclic amines) is 1. The van der Waals surface area contributed by atoms with Crippen molar-refractivity contribution in [3.05, 3.63) is 59.7 Å². The van der Waals surface area contributed by atoms with E-state index in [0.29, 0.717) is 19.4 Å². The summed E-state index contributed by atoms with van der Waals surface area (Å²) in [6.45, 7) is 1.47. The molecule has 2 aromatic rings. The zero-order valence-corrected chi connectivity index (χ0v) is 14.0. The van der Waals surface area contributed by atoms with Crippen molar-refractivity contribution in [2.75, 3.05) is 13.1 Å². The number of carboxylic acid groups (broad SMARTS) is 1. The molecule has 1 aliphatic heterocycles. The monoisotopic (exact) mass is 339 g/mol. The number of amides is 1. The van der Waals surface area contributed by atoms with Gasteiger partial charge in [-0.05, 0) is 37.0 Å². The molecule has 25 heavy (non-hydrogen) atoms. The van der Waals surface area contributed by atoms with Crippen LogP contribution >= 0.6 is 0 Å². The summed E-state index contributed by atoms with van der Waals surface area (Å²) in [7, 11) is 0. The standard InChI is InChI=1S/C19H21N3O3/c23-18(8-7-17-12-20-9-10-21-17)22-11-1-2-16(13-22)14-3-5-15(6-4-14)19(24)25/h3-6,9-10,12,16H,1-2,7-8,11,13H2,(H,24,25). The normalized spacial score (nSPS) is 17.3. The lowest BCUT2D eigenvalue weighted by molar-refractivity contribution is -0.132. The average Bonchev–Trinajstić information content (AvgIpc) is 2.67. The van der Waals surface area contributed by atoms with Gasteiger partial charge in [-0.15, -0.1) is 0 Å². The Morgan fingerprint density at radius 3 is 2.68 bits per heavy atom. The second-order valence-electron chi connectivity index (χ2n) is 6.30. The first-order valence-corrected chi connectivity index (χ1v) is 8.49. The summed E-state index contributed by atoms with van der Waals surface area (Å²) < 4.78 is 0. The quantitative estimate of drug-likeness (QED) is 0.905. The molecule has 6 heteroatoms. The van der Waals surface area contributed by atoms with E-state index in [9.17, 15) is 9.59 Å². The molecule has 3 rings (SSSR count). The van der Waals surface area contributed by atoms with Crippen LogP contribution in [0.3, 0.4) is 0 Å². The molecule has 2 heterocycles. The second kappa shape index (κ2) is 7.88. The molecule has 6 nitrogen and oxygen atoms in total. The molecule has 1 aliphatic rings. The highest BCUT2D eigenvalue weighted by Gasteiger charge is 2.24. The van der Waals surface area contributed by atoms with E-state index >= 15 is 0 Å². The number of hydrogen-bond donors (Lipinski definition) is 1. The fourth-order valence-electron chi connectivity index (χ4n) is 3.23. The van der Waals surface area contributed by atoms with E-state index in [1.54, 1.807) is 30.7 Å². The van der Waals surface area contributed by atoms with Gasteiger partial charge in [-0.2, -0.15) is 0 Å². The van der Waals surface area contributed by atoms with Crippen LogP contribution in [0.5, 0.6) is 0 Å². The van der Waals surface area contributed by atoms with Crippen molar-refractivity contribution in [1.82, 2.24) is 14.9 Å². The number of aromatic nitrogens is 2. The summed E-state index contributed by atoms with van der Waals surface area (Å²) in [5.74, 6) is -0.523. The molecule has 1 saturated heterocycles. The van der Waals surface area contributed by atoms with Gasteiger partial charge in [-0.1, -0.05) is 12.1 Å². The van der Waals surface area contributed by atoms with Crippen LogP contribution in [0.4, 0.5) is 0 Å². The fourth-order valence-corrected chi connectivity index (χ4v) is 3.23. The molecular weight excluding hydrogens is 318 g/mol. The van der Waals surface area contributed by atoms with Gasteiger partial charge in [0.15, 0.2) is 0 Å². The Hall–Kier alpha value is -2.76. The number of carbonyl (C=O) groups is 2. The Morgan fingerprint density at radius 1 is 1.20 bits per heavy atom. The summed E-state index contributed by atoms with van der Waals surface area (Å²) in [4.78, 5) is 33.6. The largest absolute Gasteiger partial charge is 0.478 e. The minimum Gasteiger partial charge on any atom is -0.478 e. The SMILES string of the molecule is O=C(O)c1ccc(C2CCCN(C(=O)CCc3cnccn3)C2)cc1. The molecule has 0 aliphatic carbocycles. The molecular formula is C19H21N3O3. The Kier molecular flexibility index (Phi) is 5.38. The summed E-state index contributed by atoms with van der Waals surface area (Å²) in [5.41, 5.74) is 2.21. The number of benzene rings is 1. The van der Waals surface area contributed by atoms with Crippen molar-refractivity contribution in [1.29, 1.82) is 0 Å². The van der Waals surface area contributed by atoms with Crippen LogP contribution in [-0.4, -0.2) is 44.9 Å². The zero-order chi connectivity index (χ0) is 17.6. The van der Waals surface area contributed by atoms with Crippen LogP contribution in [0.15, 0.2) is 42.9 Å². The lowest BCUT2D eigenvalue weighted by atomic mass is 9.90. The van der Waals surface area contributed by atoms with Gasteiger partial charge in [0.2, 0.25) is 5.91 Å². The second-order valence-corrected chi connectivity index (χ2v) is 6.30. The molecule has 1 fully saturated rings.